The second-order valence-corrected chi connectivity index (χ2v) is 11.4. The molecule has 0 saturated carbocycles. The third kappa shape index (κ3) is 18.3. The van der Waals surface area contributed by atoms with Crippen LogP contribution in [-0.2, 0) is 4.84 Å². The molecular formula is C28H57NO. The molecule has 0 N–H and O–H groups in total. The summed E-state index contributed by atoms with van der Waals surface area (Å²) in [6, 6.07) is 0. The molecular weight excluding hydrogens is 366 g/mol. The SMILES string of the molecule is CCCCCCCCCCCCCCCCCCCON=C(C(C)(C)C)C(C)(C)C. The topological polar surface area (TPSA) is 21.6 Å². The van der Waals surface area contributed by atoms with Crippen LogP contribution >= 0.6 is 0 Å². The van der Waals surface area contributed by atoms with Crippen LogP contribution in [0.2, 0.25) is 0 Å². The van der Waals surface area contributed by atoms with Crippen LogP contribution in [0.5, 0.6) is 0 Å². The Morgan fingerprint density at radius 3 is 1.10 bits per heavy atom. The highest BCUT2D eigenvalue weighted by Crippen LogP contribution is 2.30. The lowest BCUT2D eigenvalue weighted by atomic mass is 9.75. The van der Waals surface area contributed by atoms with Crippen LogP contribution in [0.1, 0.15) is 158 Å². The summed E-state index contributed by atoms with van der Waals surface area (Å²) in [5.74, 6) is 0. The molecule has 2 heteroatoms. The minimum atomic E-state index is 0.0620. The third-order valence-corrected chi connectivity index (χ3v) is 5.92. The van der Waals surface area contributed by atoms with Crippen LogP contribution in [0.25, 0.3) is 0 Å². The van der Waals surface area contributed by atoms with E-state index in [1.807, 2.05) is 0 Å². The standard InChI is InChI=1S/C28H57NO/c1-8-9-10-11-12-13-14-15-16-17-18-19-20-21-22-23-24-25-30-29-26(27(2,3)4)28(5,6)7/h8-25H2,1-7H3. The van der Waals surface area contributed by atoms with Crippen LogP contribution in [-0.4, -0.2) is 12.3 Å². The van der Waals surface area contributed by atoms with Gasteiger partial charge in [0.15, 0.2) is 0 Å². The van der Waals surface area contributed by atoms with Crippen LogP contribution < -0.4 is 0 Å². The Morgan fingerprint density at radius 1 is 0.500 bits per heavy atom. The zero-order valence-electron chi connectivity index (χ0n) is 22.1. The van der Waals surface area contributed by atoms with E-state index in [0.29, 0.717) is 0 Å². The molecule has 0 heterocycles. The molecule has 0 aliphatic carbocycles. The molecule has 0 rings (SSSR count). The Hall–Kier alpha value is -0.530. The summed E-state index contributed by atoms with van der Waals surface area (Å²) in [4.78, 5) is 5.66. The largest absolute Gasteiger partial charge is 0.396 e. The van der Waals surface area contributed by atoms with Crippen molar-refractivity contribution in [3.63, 3.8) is 0 Å². The second kappa shape index (κ2) is 18.1. The number of hydrogen-bond donors (Lipinski definition) is 0. The zero-order valence-corrected chi connectivity index (χ0v) is 22.1. The summed E-state index contributed by atoms with van der Waals surface area (Å²) in [6.45, 7) is 16.4. The lowest BCUT2D eigenvalue weighted by Gasteiger charge is -2.31. The fourth-order valence-corrected chi connectivity index (χ4v) is 4.40. The Morgan fingerprint density at radius 2 is 0.800 bits per heavy atom. The third-order valence-electron chi connectivity index (χ3n) is 5.92. The number of oxime groups is 1. The molecule has 0 unspecified atom stereocenters. The number of nitrogens with zero attached hydrogens (tertiary/aromatic N) is 1. The van der Waals surface area contributed by atoms with E-state index in [4.69, 9.17) is 4.84 Å². The first kappa shape index (κ1) is 29.5. The van der Waals surface area contributed by atoms with Gasteiger partial charge < -0.3 is 4.84 Å². The molecule has 0 aliphatic heterocycles. The van der Waals surface area contributed by atoms with Crippen molar-refractivity contribution in [2.45, 2.75) is 158 Å². The summed E-state index contributed by atoms with van der Waals surface area (Å²) in [5, 5.41) is 4.49. The van der Waals surface area contributed by atoms with Gasteiger partial charge in [-0.15, -0.1) is 0 Å². The summed E-state index contributed by atoms with van der Waals surface area (Å²) in [5.41, 5.74) is 1.28. The highest BCUT2D eigenvalue weighted by molar-refractivity contribution is 5.93. The van der Waals surface area contributed by atoms with Crippen molar-refractivity contribution >= 4 is 5.71 Å². The number of rotatable bonds is 19. The second-order valence-electron chi connectivity index (χ2n) is 11.4. The molecule has 0 amide bonds. The fourth-order valence-electron chi connectivity index (χ4n) is 4.40. The monoisotopic (exact) mass is 423 g/mol. The van der Waals surface area contributed by atoms with E-state index in [2.05, 4.69) is 53.6 Å². The molecule has 30 heavy (non-hydrogen) atoms. The first-order valence-electron chi connectivity index (χ1n) is 13.4. The first-order valence-corrected chi connectivity index (χ1v) is 13.4. The molecule has 0 aromatic rings. The number of unbranched alkanes of at least 4 members (excludes halogenated alkanes) is 16. The van der Waals surface area contributed by atoms with E-state index in [0.717, 1.165) is 18.7 Å². The van der Waals surface area contributed by atoms with E-state index < -0.39 is 0 Å². The first-order chi connectivity index (χ1) is 14.2. The highest BCUT2D eigenvalue weighted by Gasteiger charge is 2.30. The maximum Gasteiger partial charge on any atom is 0.117 e. The van der Waals surface area contributed by atoms with Crippen molar-refractivity contribution in [3.05, 3.63) is 0 Å². The van der Waals surface area contributed by atoms with Gasteiger partial charge in [-0.25, -0.2) is 0 Å². The molecule has 0 aromatic carbocycles. The van der Waals surface area contributed by atoms with Gasteiger partial charge in [0.2, 0.25) is 0 Å². The summed E-state index contributed by atoms with van der Waals surface area (Å²) >= 11 is 0. The van der Waals surface area contributed by atoms with E-state index in [9.17, 15) is 0 Å². The van der Waals surface area contributed by atoms with Crippen molar-refractivity contribution in [1.82, 2.24) is 0 Å². The van der Waals surface area contributed by atoms with Gasteiger partial charge in [0.05, 0.1) is 5.71 Å². The normalized spacial score (nSPS) is 12.2. The Kier molecular flexibility index (Phi) is 17.8. The number of hydrogen-bond acceptors (Lipinski definition) is 2. The predicted molar refractivity (Wildman–Crippen MR) is 136 cm³/mol. The van der Waals surface area contributed by atoms with Crippen LogP contribution in [0.3, 0.4) is 0 Å². The van der Waals surface area contributed by atoms with Gasteiger partial charge in [-0.2, -0.15) is 0 Å². The van der Waals surface area contributed by atoms with Crippen LogP contribution in [0.15, 0.2) is 5.16 Å². The minimum absolute atomic E-state index is 0.0620. The van der Waals surface area contributed by atoms with Crippen LogP contribution in [0.4, 0.5) is 0 Å². The van der Waals surface area contributed by atoms with E-state index in [1.54, 1.807) is 0 Å². The highest BCUT2D eigenvalue weighted by atomic mass is 16.6. The lowest BCUT2D eigenvalue weighted by molar-refractivity contribution is 0.133. The maximum atomic E-state index is 5.66. The maximum absolute atomic E-state index is 5.66. The minimum Gasteiger partial charge on any atom is -0.396 e. The van der Waals surface area contributed by atoms with Crippen molar-refractivity contribution < 1.29 is 4.84 Å². The molecule has 0 fully saturated rings. The quantitative estimate of drug-likeness (QED) is 0.115. The molecule has 0 radical (unpaired) electrons. The molecule has 0 spiro atoms. The Labute approximate surface area is 191 Å². The molecule has 0 atom stereocenters. The Bertz CT molecular complexity index is 384. The average molecular weight is 424 g/mol. The Balaban J connectivity index is 3.42. The molecule has 0 bridgehead atoms. The van der Waals surface area contributed by atoms with Gasteiger partial charge in [-0.1, -0.05) is 150 Å². The lowest BCUT2D eigenvalue weighted by Crippen LogP contribution is -2.33. The molecule has 0 saturated heterocycles. The summed E-state index contributed by atoms with van der Waals surface area (Å²) in [7, 11) is 0. The van der Waals surface area contributed by atoms with Crippen LogP contribution in [0, 0.1) is 10.8 Å². The average Bonchev–Trinajstić information content (AvgIpc) is 2.64. The van der Waals surface area contributed by atoms with Gasteiger partial charge in [-0.05, 0) is 12.8 Å². The van der Waals surface area contributed by atoms with E-state index in [1.165, 1.54) is 103 Å². The van der Waals surface area contributed by atoms with Crippen molar-refractivity contribution in [3.8, 4) is 0 Å². The van der Waals surface area contributed by atoms with E-state index in [-0.39, 0.29) is 10.8 Å². The summed E-state index contributed by atoms with van der Waals surface area (Å²) in [6.07, 6.45) is 23.9. The zero-order chi connectivity index (χ0) is 22.7. The van der Waals surface area contributed by atoms with Crippen molar-refractivity contribution in [2.24, 2.45) is 16.0 Å². The smallest absolute Gasteiger partial charge is 0.117 e. The molecule has 0 aliphatic rings. The van der Waals surface area contributed by atoms with Gasteiger partial charge >= 0.3 is 0 Å². The van der Waals surface area contributed by atoms with Gasteiger partial charge in [-0.3, -0.25) is 0 Å². The van der Waals surface area contributed by atoms with Gasteiger partial charge in [0.25, 0.3) is 0 Å². The van der Waals surface area contributed by atoms with Gasteiger partial charge in [0, 0.05) is 10.8 Å². The van der Waals surface area contributed by atoms with Crippen molar-refractivity contribution in [2.75, 3.05) is 6.61 Å². The molecule has 180 valence electrons. The van der Waals surface area contributed by atoms with Gasteiger partial charge in [0.1, 0.15) is 6.61 Å². The molecule has 0 aromatic heterocycles. The van der Waals surface area contributed by atoms with E-state index >= 15 is 0 Å². The molecule has 2 nitrogen and oxygen atoms in total. The fraction of sp³-hybridized carbons (Fsp3) is 0.964. The predicted octanol–water partition coefficient (Wildman–Crippen LogP) is 10.1. The van der Waals surface area contributed by atoms with Crippen molar-refractivity contribution in [1.29, 1.82) is 0 Å². The summed E-state index contributed by atoms with van der Waals surface area (Å²) < 4.78 is 0.